The largest absolute Gasteiger partial charge is 0.398 e. The molecule has 4 N–H and O–H groups in total. The number of nitrogen functional groups attached to an aromatic ring is 1. The van der Waals surface area contributed by atoms with Gasteiger partial charge in [0.25, 0.3) is 12.3 Å². The first-order chi connectivity index (χ1) is 11.9. The first kappa shape index (κ1) is 18.4. The number of hydrogen-bond donors (Lipinski definition) is 3. The molecule has 2 rings (SSSR count). The maximum Gasteiger partial charge on any atom is 0.266 e. The molecule has 25 heavy (non-hydrogen) atoms. The number of hydrogen-bond acceptors (Lipinski definition) is 3. The molecule has 0 aromatic heterocycles. The smallest absolute Gasteiger partial charge is 0.266 e. The SMILES string of the molecule is CC(NC(=O)c1ccc(C#Cc2ccccc2N)cc1)C(O)C(F)F. The number of nitrogens with two attached hydrogens (primary N) is 1. The molecule has 130 valence electrons. The topological polar surface area (TPSA) is 75.4 Å². The highest BCUT2D eigenvalue weighted by atomic mass is 19.3. The minimum atomic E-state index is -2.92. The molecule has 2 unspecified atom stereocenters. The van der Waals surface area contributed by atoms with E-state index in [4.69, 9.17) is 5.73 Å². The van der Waals surface area contributed by atoms with E-state index < -0.39 is 24.5 Å². The molecule has 0 bridgehead atoms. The summed E-state index contributed by atoms with van der Waals surface area (Å²) in [4.78, 5) is 12.0. The predicted molar refractivity (Wildman–Crippen MR) is 92.2 cm³/mol. The summed E-state index contributed by atoms with van der Waals surface area (Å²) in [5.41, 5.74) is 8.07. The van der Waals surface area contributed by atoms with Crippen molar-refractivity contribution in [3.8, 4) is 11.8 Å². The minimum Gasteiger partial charge on any atom is -0.398 e. The van der Waals surface area contributed by atoms with E-state index in [1.165, 1.54) is 19.1 Å². The van der Waals surface area contributed by atoms with Gasteiger partial charge < -0.3 is 16.2 Å². The quantitative estimate of drug-likeness (QED) is 0.589. The van der Waals surface area contributed by atoms with Gasteiger partial charge in [0, 0.05) is 22.4 Å². The summed E-state index contributed by atoms with van der Waals surface area (Å²) in [6.45, 7) is 1.32. The van der Waals surface area contributed by atoms with Gasteiger partial charge in [-0.2, -0.15) is 0 Å². The highest BCUT2D eigenvalue weighted by molar-refractivity contribution is 5.94. The van der Waals surface area contributed by atoms with Gasteiger partial charge in [-0.3, -0.25) is 4.79 Å². The van der Waals surface area contributed by atoms with E-state index in [9.17, 15) is 18.7 Å². The van der Waals surface area contributed by atoms with E-state index in [1.54, 1.807) is 24.3 Å². The summed E-state index contributed by atoms with van der Waals surface area (Å²) >= 11 is 0. The number of aliphatic hydroxyl groups is 1. The highest BCUT2D eigenvalue weighted by Gasteiger charge is 2.25. The molecule has 0 aliphatic carbocycles. The Morgan fingerprint density at radius 3 is 2.36 bits per heavy atom. The van der Waals surface area contributed by atoms with Crippen LogP contribution in [0, 0.1) is 11.8 Å². The molecule has 4 nitrogen and oxygen atoms in total. The van der Waals surface area contributed by atoms with Gasteiger partial charge in [-0.05, 0) is 43.3 Å². The second kappa shape index (κ2) is 8.27. The van der Waals surface area contributed by atoms with Gasteiger partial charge in [0.1, 0.15) is 6.10 Å². The molecule has 0 saturated heterocycles. The van der Waals surface area contributed by atoms with Crippen LogP contribution in [-0.4, -0.2) is 29.6 Å². The van der Waals surface area contributed by atoms with Crippen LogP contribution in [0.4, 0.5) is 14.5 Å². The molecule has 1 amide bonds. The number of aliphatic hydroxyl groups excluding tert-OH is 1. The Labute approximate surface area is 144 Å². The van der Waals surface area contributed by atoms with Crippen LogP contribution in [0.15, 0.2) is 48.5 Å². The molecule has 2 aromatic rings. The van der Waals surface area contributed by atoms with Crippen LogP contribution < -0.4 is 11.1 Å². The monoisotopic (exact) mass is 344 g/mol. The van der Waals surface area contributed by atoms with Crippen LogP contribution in [0.3, 0.4) is 0 Å². The van der Waals surface area contributed by atoms with Gasteiger partial charge in [0.2, 0.25) is 0 Å². The third-order valence-corrected chi connectivity index (χ3v) is 3.58. The van der Waals surface area contributed by atoms with E-state index in [1.807, 2.05) is 12.1 Å². The fourth-order valence-corrected chi connectivity index (χ4v) is 2.05. The Hall–Kier alpha value is -2.91. The number of nitrogens with one attached hydrogen (secondary N) is 1. The lowest BCUT2D eigenvalue weighted by Gasteiger charge is -2.19. The van der Waals surface area contributed by atoms with Crippen LogP contribution in [0.1, 0.15) is 28.4 Å². The molecule has 0 fully saturated rings. The fraction of sp³-hybridized carbons (Fsp3) is 0.211. The van der Waals surface area contributed by atoms with Crippen LogP contribution in [0.5, 0.6) is 0 Å². The normalized spacial score (nSPS) is 12.8. The Kier molecular flexibility index (Phi) is 6.09. The zero-order valence-corrected chi connectivity index (χ0v) is 13.5. The average Bonchev–Trinajstić information content (AvgIpc) is 2.60. The average molecular weight is 344 g/mol. The zero-order chi connectivity index (χ0) is 18.4. The first-order valence-corrected chi connectivity index (χ1v) is 7.62. The van der Waals surface area contributed by atoms with Crippen LogP contribution >= 0.6 is 0 Å². The third-order valence-electron chi connectivity index (χ3n) is 3.58. The number of carbonyl (C=O) groups is 1. The minimum absolute atomic E-state index is 0.290. The van der Waals surface area contributed by atoms with Crippen molar-refractivity contribution in [2.24, 2.45) is 0 Å². The summed E-state index contributed by atoms with van der Waals surface area (Å²) in [5.74, 6) is 5.34. The summed E-state index contributed by atoms with van der Waals surface area (Å²) in [6, 6.07) is 12.5. The molecule has 0 aliphatic rings. The molecule has 2 atom stereocenters. The number of amides is 1. The van der Waals surface area contributed by atoms with Gasteiger partial charge in [0.05, 0.1) is 6.04 Å². The Balaban J connectivity index is 2.05. The molecule has 0 aliphatic heterocycles. The van der Waals surface area contributed by atoms with Crippen LogP contribution in [0.2, 0.25) is 0 Å². The third kappa shape index (κ3) is 5.03. The van der Waals surface area contributed by atoms with Crippen molar-refractivity contribution in [2.75, 3.05) is 5.73 Å². The second-order valence-corrected chi connectivity index (χ2v) is 5.50. The maximum absolute atomic E-state index is 12.4. The number of anilines is 1. The van der Waals surface area contributed by atoms with Crippen molar-refractivity contribution < 1.29 is 18.7 Å². The number of carbonyl (C=O) groups excluding carboxylic acids is 1. The second-order valence-electron chi connectivity index (χ2n) is 5.50. The van der Waals surface area contributed by atoms with Gasteiger partial charge in [-0.15, -0.1) is 0 Å². The summed E-state index contributed by atoms with van der Waals surface area (Å²) in [7, 11) is 0. The maximum atomic E-state index is 12.4. The number of rotatable bonds is 4. The number of benzene rings is 2. The van der Waals surface area contributed by atoms with Gasteiger partial charge in [-0.1, -0.05) is 24.0 Å². The molecular formula is C19H18F2N2O2. The van der Waals surface area contributed by atoms with Crippen molar-refractivity contribution in [3.63, 3.8) is 0 Å². The van der Waals surface area contributed by atoms with Gasteiger partial charge >= 0.3 is 0 Å². The van der Waals surface area contributed by atoms with Crippen LogP contribution in [-0.2, 0) is 0 Å². The van der Waals surface area contributed by atoms with E-state index >= 15 is 0 Å². The lowest BCUT2D eigenvalue weighted by Crippen LogP contribution is -2.44. The summed E-state index contributed by atoms with van der Waals surface area (Å²) < 4.78 is 24.8. The molecule has 6 heteroatoms. The Bertz CT molecular complexity index is 795. The van der Waals surface area contributed by atoms with E-state index in [-0.39, 0.29) is 5.56 Å². The predicted octanol–water partition coefficient (Wildman–Crippen LogP) is 2.41. The van der Waals surface area contributed by atoms with Gasteiger partial charge in [-0.25, -0.2) is 8.78 Å². The number of para-hydroxylation sites is 1. The van der Waals surface area contributed by atoms with Crippen molar-refractivity contribution >= 4 is 11.6 Å². The molecular weight excluding hydrogens is 326 g/mol. The van der Waals surface area contributed by atoms with Gasteiger partial charge in [0.15, 0.2) is 0 Å². The van der Waals surface area contributed by atoms with Crippen molar-refractivity contribution in [2.45, 2.75) is 25.5 Å². The Morgan fingerprint density at radius 2 is 1.76 bits per heavy atom. The lowest BCUT2D eigenvalue weighted by atomic mass is 10.1. The molecule has 0 heterocycles. The number of halogens is 2. The summed E-state index contributed by atoms with van der Waals surface area (Å²) in [6.07, 6.45) is -4.83. The number of alkyl halides is 2. The van der Waals surface area contributed by atoms with Crippen LogP contribution in [0.25, 0.3) is 0 Å². The fourth-order valence-electron chi connectivity index (χ4n) is 2.05. The Morgan fingerprint density at radius 1 is 1.12 bits per heavy atom. The van der Waals surface area contributed by atoms with Crippen molar-refractivity contribution in [3.05, 3.63) is 65.2 Å². The lowest BCUT2D eigenvalue weighted by molar-refractivity contribution is -0.0211. The molecule has 0 radical (unpaired) electrons. The van der Waals surface area contributed by atoms with E-state index in [2.05, 4.69) is 17.2 Å². The first-order valence-electron chi connectivity index (χ1n) is 7.62. The molecule has 2 aromatic carbocycles. The highest BCUT2D eigenvalue weighted by Crippen LogP contribution is 2.10. The standard InChI is InChI=1S/C19H18F2N2O2/c1-12(17(24)18(20)21)23-19(25)15-10-7-13(8-11-15)6-9-14-4-2-3-5-16(14)22/h2-5,7-8,10-12,17-18,24H,22H2,1H3,(H,23,25). The van der Waals surface area contributed by atoms with E-state index in [0.717, 1.165) is 0 Å². The van der Waals surface area contributed by atoms with E-state index in [0.29, 0.717) is 16.8 Å². The van der Waals surface area contributed by atoms with Crippen molar-refractivity contribution in [1.82, 2.24) is 5.32 Å². The van der Waals surface area contributed by atoms with Crippen molar-refractivity contribution in [1.29, 1.82) is 0 Å². The molecule has 0 saturated carbocycles. The molecule has 0 spiro atoms. The zero-order valence-electron chi connectivity index (χ0n) is 13.5. The summed E-state index contributed by atoms with van der Waals surface area (Å²) in [5, 5.41) is 11.6.